The van der Waals surface area contributed by atoms with E-state index in [0.29, 0.717) is 6.42 Å². The number of benzene rings is 1. The second kappa shape index (κ2) is 19.6. The van der Waals surface area contributed by atoms with E-state index in [1.165, 1.54) is 6.92 Å². The van der Waals surface area contributed by atoms with Crippen LogP contribution in [0.2, 0.25) is 0 Å². The van der Waals surface area contributed by atoms with Crippen molar-refractivity contribution in [3.05, 3.63) is 48.2 Å². The van der Waals surface area contributed by atoms with Crippen molar-refractivity contribution in [2.24, 2.45) is 23.7 Å². The number of aliphatic hydroxyl groups excluding tert-OH is 1. The number of nitrogens with zero attached hydrogens (tertiary/aromatic N) is 2. The van der Waals surface area contributed by atoms with Crippen LogP contribution in [0.5, 0.6) is 0 Å². The van der Waals surface area contributed by atoms with Crippen molar-refractivity contribution in [3.8, 4) is 0 Å². The number of rotatable bonds is 11. The van der Waals surface area contributed by atoms with Crippen LogP contribution in [-0.2, 0) is 47.6 Å². The normalized spacial score (nSPS) is 35.8. The zero-order valence-corrected chi connectivity index (χ0v) is 36.5. The van der Waals surface area contributed by atoms with E-state index in [0.717, 1.165) is 16.5 Å². The Hall–Kier alpha value is -4.28. The number of hydrogen-bond donors (Lipinski definition) is 2. The number of aromatic nitrogens is 1. The number of para-hydroxylation sites is 1. The largest absolute Gasteiger partial charge is 0.465 e. The minimum Gasteiger partial charge on any atom is -0.465 e. The number of likely N-dealkylation sites (N-methyl/N-ethyl adjacent to an activating group) is 1. The van der Waals surface area contributed by atoms with Gasteiger partial charge in [-0.1, -0.05) is 58.0 Å². The summed E-state index contributed by atoms with van der Waals surface area (Å²) < 4.78 is 36.6. The van der Waals surface area contributed by atoms with Crippen molar-refractivity contribution >= 4 is 46.6 Å². The number of carbonyl (C=O) groups is 5. The summed E-state index contributed by atoms with van der Waals surface area (Å²) in [6, 6.07) is 8.29. The highest BCUT2D eigenvalue weighted by molar-refractivity contribution is 6.00. The minimum absolute atomic E-state index is 0.0102. The van der Waals surface area contributed by atoms with Crippen LogP contribution in [-0.4, -0.2) is 125 Å². The molecule has 2 aromatic rings. The average Bonchev–Trinajstić information content (AvgIpc) is 3.53. The maximum absolute atomic E-state index is 14.6. The molecule has 1 aromatic carbocycles. The van der Waals surface area contributed by atoms with E-state index >= 15 is 0 Å². The van der Waals surface area contributed by atoms with Gasteiger partial charge in [-0.2, -0.15) is 0 Å². The highest BCUT2D eigenvalue weighted by Crippen LogP contribution is 2.40. The number of nitrogens with one attached hydrogen (secondary N) is 1. The van der Waals surface area contributed by atoms with Crippen LogP contribution in [0.15, 0.2) is 42.6 Å². The second-order valence-corrected chi connectivity index (χ2v) is 17.1. The summed E-state index contributed by atoms with van der Waals surface area (Å²) in [5, 5.41) is 15.6. The van der Waals surface area contributed by atoms with E-state index in [1.807, 2.05) is 43.3 Å². The van der Waals surface area contributed by atoms with Crippen LogP contribution in [0.4, 0.5) is 4.79 Å². The maximum Gasteiger partial charge on any atom is 0.408 e. The molecular formula is C45H63N3O12. The van der Waals surface area contributed by atoms with Gasteiger partial charge in [0.25, 0.3) is 0 Å². The van der Waals surface area contributed by atoms with Crippen LogP contribution in [0.3, 0.4) is 0 Å². The Morgan fingerprint density at radius 3 is 2.47 bits per heavy atom. The Kier molecular flexibility index (Phi) is 15.3. The number of cyclic esters (lactones) is 1. The third-order valence-corrected chi connectivity index (χ3v) is 12.5. The number of aliphatic hydroxyl groups is 1. The van der Waals surface area contributed by atoms with Crippen molar-refractivity contribution in [2.45, 2.75) is 136 Å². The highest BCUT2D eigenvalue weighted by atomic mass is 16.7. The van der Waals surface area contributed by atoms with Crippen molar-refractivity contribution < 1.29 is 57.5 Å². The molecule has 60 heavy (non-hydrogen) atoms. The monoisotopic (exact) mass is 837 g/mol. The molecule has 2 N–H and O–H groups in total. The lowest BCUT2D eigenvalue weighted by atomic mass is 9.73. The molecule has 15 nitrogen and oxygen atoms in total. The Morgan fingerprint density at radius 1 is 1.05 bits per heavy atom. The molecule has 3 aliphatic heterocycles. The summed E-state index contributed by atoms with van der Waals surface area (Å²) in [5.41, 5.74) is -1.17. The first kappa shape index (κ1) is 46.8. The SMILES string of the molecule is CCOC(=O)CN(C)[C@H]1C[C@@H](C)OC(O[C@@H]2[C@@H](C)C(=O)[C@@H](C)C(=O)O[C@@H](CC)[C@@]3(C)OC(=O)N[C@@H]3[C@H](C)C(=O)[C@H](C)C[C@]2(C)OC/C=C/c2cnc3ccccc3c2)[C@@H]1O. The molecule has 330 valence electrons. The van der Waals surface area contributed by atoms with E-state index < -0.39 is 101 Å². The quantitative estimate of drug-likeness (QED) is 0.174. The number of ketones is 2. The second-order valence-electron chi connectivity index (χ2n) is 17.1. The number of pyridine rings is 1. The fourth-order valence-corrected chi connectivity index (χ4v) is 9.18. The number of fused-ring (bicyclic) bond motifs is 2. The maximum atomic E-state index is 14.6. The number of hydrogen-bond acceptors (Lipinski definition) is 14. The third kappa shape index (κ3) is 10.2. The Morgan fingerprint density at radius 2 is 1.77 bits per heavy atom. The van der Waals surface area contributed by atoms with Gasteiger partial charge >= 0.3 is 18.0 Å². The molecule has 3 aliphatic rings. The summed E-state index contributed by atoms with van der Waals surface area (Å²) in [7, 11) is 1.70. The molecule has 0 saturated carbocycles. The molecule has 3 fully saturated rings. The molecule has 0 aliphatic carbocycles. The van der Waals surface area contributed by atoms with E-state index in [2.05, 4.69) is 10.3 Å². The first-order valence-corrected chi connectivity index (χ1v) is 21.1. The lowest BCUT2D eigenvalue weighted by molar-refractivity contribution is -0.297. The van der Waals surface area contributed by atoms with Gasteiger partial charge in [-0.25, -0.2) is 4.79 Å². The molecular weight excluding hydrogens is 775 g/mol. The van der Waals surface area contributed by atoms with Gasteiger partial charge < -0.3 is 38.8 Å². The van der Waals surface area contributed by atoms with Gasteiger partial charge in [0.05, 0.1) is 49.1 Å². The van der Waals surface area contributed by atoms with Crippen LogP contribution in [0.25, 0.3) is 17.0 Å². The molecule has 13 atom stereocenters. The topological polar surface area (TPSA) is 189 Å². The van der Waals surface area contributed by atoms with Crippen LogP contribution in [0, 0.1) is 23.7 Å². The first-order valence-electron chi connectivity index (χ1n) is 21.1. The third-order valence-electron chi connectivity index (χ3n) is 12.5. The van der Waals surface area contributed by atoms with E-state index in [4.69, 9.17) is 28.4 Å². The van der Waals surface area contributed by atoms with Crippen molar-refractivity contribution in [2.75, 3.05) is 26.8 Å². The van der Waals surface area contributed by atoms with Crippen molar-refractivity contribution in [3.63, 3.8) is 0 Å². The van der Waals surface area contributed by atoms with Crippen molar-refractivity contribution in [1.82, 2.24) is 15.2 Å². The Labute approximate surface area is 352 Å². The number of alkyl carbamates (subject to hydrolysis) is 1. The van der Waals surface area contributed by atoms with Gasteiger partial charge in [-0.05, 0) is 78.6 Å². The summed E-state index contributed by atoms with van der Waals surface area (Å²) >= 11 is 0. The smallest absolute Gasteiger partial charge is 0.408 e. The van der Waals surface area contributed by atoms with Gasteiger partial charge in [0.2, 0.25) is 0 Å². The van der Waals surface area contributed by atoms with Gasteiger partial charge in [-0.3, -0.25) is 29.1 Å². The van der Waals surface area contributed by atoms with Gasteiger partial charge in [0, 0.05) is 35.4 Å². The number of esters is 2. The van der Waals surface area contributed by atoms with E-state index in [9.17, 15) is 29.1 Å². The molecule has 0 radical (unpaired) electrons. The Bertz CT molecular complexity index is 1910. The zero-order valence-electron chi connectivity index (χ0n) is 36.5. The molecule has 0 bridgehead atoms. The molecule has 4 heterocycles. The number of amides is 1. The van der Waals surface area contributed by atoms with Crippen LogP contribution in [0.1, 0.15) is 87.1 Å². The van der Waals surface area contributed by atoms with Crippen LogP contribution < -0.4 is 5.32 Å². The highest BCUT2D eigenvalue weighted by Gasteiger charge is 2.57. The molecule has 5 rings (SSSR count). The predicted octanol–water partition coefficient (Wildman–Crippen LogP) is 5.04. The lowest BCUT2D eigenvalue weighted by Crippen LogP contribution is -2.60. The molecule has 15 heteroatoms. The van der Waals surface area contributed by atoms with Gasteiger partial charge in [0.1, 0.15) is 23.9 Å². The predicted molar refractivity (Wildman–Crippen MR) is 221 cm³/mol. The first-order chi connectivity index (χ1) is 28.3. The Balaban J connectivity index is 1.55. The number of Topliss-reactive ketones (excluding diaryl/α,β-unsaturated/α-hetero) is 2. The molecule has 1 amide bonds. The van der Waals surface area contributed by atoms with Gasteiger partial charge in [-0.15, -0.1) is 0 Å². The minimum atomic E-state index is -1.44. The summed E-state index contributed by atoms with van der Waals surface area (Å²) in [5.74, 6) is -5.94. The standard InChI is InChI=1S/C45H63N3O12/c1-11-34-45(9)39(47-43(54)60-45)27(5)36(50)25(3)22-44(8,56-19-15-16-30-21-31-17-13-14-18-32(31)46-23-30)40(28(6)37(51)29(7)41(53)58-34)59-42-38(52)33(20-26(4)57-42)48(10)24-35(49)55-12-2/h13-18,21,23,25-29,33-34,38-40,42,52H,11-12,19-20,22,24H2,1-10H3,(H,47,54)/b16-15+/t25-,26-,27-,28+,29-,33+,34+,38-,39-,40-,42?,44+,45-/m1/s1. The van der Waals surface area contributed by atoms with Crippen LogP contribution >= 0.6 is 0 Å². The van der Waals surface area contributed by atoms with Crippen molar-refractivity contribution in [1.29, 1.82) is 0 Å². The zero-order chi connectivity index (χ0) is 44.1. The number of carbonyl (C=O) groups excluding carboxylic acids is 5. The molecule has 1 aromatic heterocycles. The van der Waals surface area contributed by atoms with E-state index in [-0.39, 0.29) is 38.4 Å². The molecule has 1 unspecified atom stereocenters. The summed E-state index contributed by atoms with van der Waals surface area (Å²) in [6.07, 6.45) is 0.0718. The fraction of sp³-hybridized carbons (Fsp3) is 0.644. The molecule has 3 saturated heterocycles. The van der Waals surface area contributed by atoms with E-state index in [1.54, 1.807) is 72.7 Å². The average molecular weight is 838 g/mol. The summed E-state index contributed by atoms with van der Waals surface area (Å²) in [4.78, 5) is 74.4. The lowest BCUT2D eigenvalue weighted by Gasteiger charge is -2.47. The van der Waals surface area contributed by atoms with Gasteiger partial charge in [0.15, 0.2) is 17.7 Å². The number of ether oxygens (including phenoxy) is 6. The molecule has 0 spiro atoms. The fourth-order valence-electron chi connectivity index (χ4n) is 9.18. The summed E-state index contributed by atoms with van der Waals surface area (Å²) in [6.45, 7) is 15.4.